The molecule has 1 unspecified atom stereocenters. The highest BCUT2D eigenvalue weighted by Gasteiger charge is 2.12. The van der Waals surface area contributed by atoms with E-state index in [4.69, 9.17) is 9.47 Å². The lowest BCUT2D eigenvalue weighted by molar-refractivity contribution is -0.0561. The predicted octanol–water partition coefficient (Wildman–Crippen LogP) is 5.21. The van der Waals surface area contributed by atoms with E-state index in [-0.39, 0.29) is 0 Å². The zero-order chi connectivity index (χ0) is 15.4. The van der Waals surface area contributed by atoms with E-state index in [1.165, 1.54) is 10.8 Å². The Balaban J connectivity index is 1.86. The molecular formula is C20H18O2. The normalized spacial score (nSPS) is 12.0. The van der Waals surface area contributed by atoms with E-state index >= 15 is 0 Å². The van der Waals surface area contributed by atoms with Crippen LogP contribution in [0.5, 0.6) is 5.75 Å². The molecule has 0 spiro atoms. The van der Waals surface area contributed by atoms with Gasteiger partial charge in [0.1, 0.15) is 5.75 Å². The van der Waals surface area contributed by atoms with Crippen LogP contribution in [0.2, 0.25) is 0 Å². The van der Waals surface area contributed by atoms with Crippen LogP contribution in [0.1, 0.15) is 17.4 Å². The molecule has 3 aromatic rings. The molecule has 2 nitrogen and oxygen atoms in total. The maximum atomic E-state index is 5.94. The Morgan fingerprint density at radius 3 is 2.32 bits per heavy atom. The van der Waals surface area contributed by atoms with Gasteiger partial charge >= 0.3 is 0 Å². The third-order valence-electron chi connectivity index (χ3n) is 3.62. The first-order valence-electron chi connectivity index (χ1n) is 7.21. The second-order valence-electron chi connectivity index (χ2n) is 5.07. The number of fused-ring (bicyclic) bond motifs is 1. The molecule has 3 aromatic carbocycles. The van der Waals surface area contributed by atoms with Gasteiger partial charge in [0.25, 0.3) is 0 Å². The zero-order valence-corrected chi connectivity index (χ0v) is 12.5. The fraction of sp³-hybridized carbons (Fsp3) is 0.100. The number of methoxy groups -OCH3 is 1. The van der Waals surface area contributed by atoms with Gasteiger partial charge in [-0.05, 0) is 34.5 Å². The molecule has 0 aliphatic rings. The van der Waals surface area contributed by atoms with E-state index in [1.54, 1.807) is 13.2 Å². The maximum absolute atomic E-state index is 5.94. The fourth-order valence-electron chi connectivity index (χ4n) is 2.41. The number of hydrogen-bond donors (Lipinski definition) is 0. The fourth-order valence-corrected chi connectivity index (χ4v) is 2.41. The number of rotatable bonds is 5. The highest BCUT2D eigenvalue weighted by atomic mass is 16.7. The van der Waals surface area contributed by atoms with E-state index in [9.17, 15) is 0 Å². The second-order valence-corrected chi connectivity index (χ2v) is 5.07. The lowest BCUT2D eigenvalue weighted by Crippen LogP contribution is -2.09. The van der Waals surface area contributed by atoms with Gasteiger partial charge in [0.2, 0.25) is 6.29 Å². The van der Waals surface area contributed by atoms with Crippen LogP contribution in [-0.4, -0.2) is 7.11 Å². The highest BCUT2D eigenvalue weighted by molar-refractivity contribution is 5.83. The Kier molecular flexibility index (Phi) is 4.22. The van der Waals surface area contributed by atoms with Gasteiger partial charge in [0.15, 0.2) is 0 Å². The Bertz CT molecular complexity index is 775. The lowest BCUT2D eigenvalue weighted by Gasteiger charge is -2.18. The molecule has 0 saturated heterocycles. The second kappa shape index (κ2) is 6.46. The van der Waals surface area contributed by atoms with Crippen molar-refractivity contribution < 1.29 is 9.47 Å². The van der Waals surface area contributed by atoms with E-state index in [1.807, 2.05) is 42.5 Å². The van der Waals surface area contributed by atoms with Gasteiger partial charge in [-0.25, -0.2) is 0 Å². The van der Waals surface area contributed by atoms with Gasteiger partial charge in [-0.2, -0.15) is 0 Å². The molecule has 0 radical (unpaired) electrons. The minimum atomic E-state index is -0.431. The van der Waals surface area contributed by atoms with Gasteiger partial charge in [-0.15, -0.1) is 0 Å². The molecule has 0 aliphatic carbocycles. The molecule has 22 heavy (non-hydrogen) atoms. The lowest BCUT2D eigenvalue weighted by atomic mass is 10.1. The quantitative estimate of drug-likeness (QED) is 0.601. The molecule has 110 valence electrons. The minimum Gasteiger partial charge on any atom is -0.461 e. The van der Waals surface area contributed by atoms with Crippen LogP contribution in [0, 0.1) is 0 Å². The Morgan fingerprint density at radius 1 is 0.909 bits per heavy atom. The van der Waals surface area contributed by atoms with Crippen LogP contribution in [0.15, 0.2) is 73.3 Å². The molecule has 0 amide bonds. The summed E-state index contributed by atoms with van der Waals surface area (Å²) in [4.78, 5) is 0. The van der Waals surface area contributed by atoms with Gasteiger partial charge in [0, 0.05) is 12.7 Å². The van der Waals surface area contributed by atoms with Crippen LogP contribution >= 0.6 is 0 Å². The molecule has 3 rings (SSSR count). The molecule has 0 fully saturated rings. The average Bonchev–Trinajstić information content (AvgIpc) is 2.59. The molecule has 0 aliphatic heterocycles. The van der Waals surface area contributed by atoms with Gasteiger partial charge < -0.3 is 9.47 Å². The van der Waals surface area contributed by atoms with E-state index in [0.717, 1.165) is 16.9 Å². The van der Waals surface area contributed by atoms with E-state index in [2.05, 4.69) is 30.8 Å². The Hall–Kier alpha value is -2.58. The van der Waals surface area contributed by atoms with Crippen molar-refractivity contribution in [3.05, 3.63) is 84.4 Å². The van der Waals surface area contributed by atoms with Crippen LogP contribution in [0.3, 0.4) is 0 Å². The van der Waals surface area contributed by atoms with E-state index < -0.39 is 6.29 Å². The number of hydrogen-bond acceptors (Lipinski definition) is 2. The van der Waals surface area contributed by atoms with Crippen molar-refractivity contribution >= 4 is 16.8 Å². The highest BCUT2D eigenvalue weighted by Crippen LogP contribution is 2.26. The first-order valence-corrected chi connectivity index (χ1v) is 7.21. The van der Waals surface area contributed by atoms with Crippen LogP contribution in [0.25, 0.3) is 16.8 Å². The van der Waals surface area contributed by atoms with Crippen molar-refractivity contribution in [3.8, 4) is 5.75 Å². The summed E-state index contributed by atoms with van der Waals surface area (Å²) in [5, 5.41) is 2.38. The molecule has 0 N–H and O–H groups in total. The summed E-state index contributed by atoms with van der Waals surface area (Å²) >= 11 is 0. The third kappa shape index (κ3) is 3.02. The van der Waals surface area contributed by atoms with Crippen molar-refractivity contribution in [1.29, 1.82) is 0 Å². The zero-order valence-electron chi connectivity index (χ0n) is 12.5. The monoisotopic (exact) mass is 290 g/mol. The third-order valence-corrected chi connectivity index (χ3v) is 3.62. The molecule has 2 heteroatoms. The van der Waals surface area contributed by atoms with Crippen molar-refractivity contribution in [3.63, 3.8) is 0 Å². The number of benzene rings is 3. The summed E-state index contributed by atoms with van der Waals surface area (Å²) in [5.74, 6) is 0.769. The molecule has 1 atom stereocenters. The van der Waals surface area contributed by atoms with Crippen LogP contribution in [0.4, 0.5) is 0 Å². The van der Waals surface area contributed by atoms with Gasteiger partial charge in [0.05, 0.1) is 0 Å². The number of ether oxygens (including phenoxy) is 2. The first kappa shape index (κ1) is 14.4. The van der Waals surface area contributed by atoms with Crippen molar-refractivity contribution in [1.82, 2.24) is 0 Å². The smallest absolute Gasteiger partial charge is 0.226 e. The molecule has 0 bridgehead atoms. The van der Waals surface area contributed by atoms with Gasteiger partial charge in [-0.1, -0.05) is 61.2 Å². The van der Waals surface area contributed by atoms with Crippen molar-refractivity contribution in [2.75, 3.05) is 7.11 Å². The van der Waals surface area contributed by atoms with Crippen LogP contribution in [-0.2, 0) is 4.74 Å². The summed E-state index contributed by atoms with van der Waals surface area (Å²) in [6.07, 6.45) is 1.38. The summed E-state index contributed by atoms with van der Waals surface area (Å²) in [6.45, 7) is 3.75. The predicted molar refractivity (Wildman–Crippen MR) is 90.9 cm³/mol. The van der Waals surface area contributed by atoms with Crippen molar-refractivity contribution in [2.24, 2.45) is 0 Å². The SMILES string of the molecule is C=Cc1ccc(OC(OC)c2ccc3ccccc3c2)cc1. The van der Waals surface area contributed by atoms with Crippen LogP contribution < -0.4 is 4.74 Å². The first-order chi connectivity index (χ1) is 10.8. The van der Waals surface area contributed by atoms with Gasteiger partial charge in [-0.3, -0.25) is 0 Å². The minimum absolute atomic E-state index is 0.431. The molecule has 0 saturated carbocycles. The molecule has 0 heterocycles. The molecule has 0 aromatic heterocycles. The largest absolute Gasteiger partial charge is 0.461 e. The molecular weight excluding hydrogens is 272 g/mol. The van der Waals surface area contributed by atoms with E-state index in [0.29, 0.717) is 0 Å². The summed E-state index contributed by atoms with van der Waals surface area (Å²) in [5.41, 5.74) is 2.06. The summed E-state index contributed by atoms with van der Waals surface area (Å²) in [6, 6.07) is 22.2. The maximum Gasteiger partial charge on any atom is 0.226 e. The Morgan fingerprint density at radius 2 is 1.64 bits per heavy atom. The van der Waals surface area contributed by atoms with Crippen molar-refractivity contribution in [2.45, 2.75) is 6.29 Å². The average molecular weight is 290 g/mol. The topological polar surface area (TPSA) is 18.5 Å². The standard InChI is InChI=1S/C20H18O2/c1-3-15-8-12-19(13-9-15)22-20(21-2)18-11-10-16-6-4-5-7-17(16)14-18/h3-14,20H,1H2,2H3. The Labute approximate surface area is 130 Å². The summed E-state index contributed by atoms with van der Waals surface area (Å²) in [7, 11) is 1.65. The summed E-state index contributed by atoms with van der Waals surface area (Å²) < 4.78 is 11.4.